The fraction of sp³-hybridized carbons (Fsp3) is 0. The van der Waals surface area contributed by atoms with Gasteiger partial charge in [0, 0.05) is 18.7 Å². The summed E-state index contributed by atoms with van der Waals surface area (Å²) >= 11 is 6.79. The second-order valence-electron chi connectivity index (χ2n) is 3.38. The lowest BCUT2D eigenvalue weighted by molar-refractivity contribution is 1.38. The Morgan fingerprint density at radius 1 is 0.647 bits per heavy atom. The van der Waals surface area contributed by atoms with Crippen LogP contribution in [0.25, 0.3) is 0 Å². The van der Waals surface area contributed by atoms with E-state index in [1.54, 1.807) is 0 Å². The minimum absolute atomic E-state index is 0.936. The van der Waals surface area contributed by atoms with Gasteiger partial charge in [-0.05, 0) is 78.4 Å². The van der Waals surface area contributed by atoms with Crippen LogP contribution in [0.1, 0.15) is 0 Å². The van der Waals surface area contributed by atoms with Crippen LogP contribution in [0.2, 0.25) is 0 Å². The molecule has 0 saturated heterocycles. The SMILES string of the molecule is ClS(Cl)(c1ccc(Br)cc1)c1ccc(Br)cc1. The summed E-state index contributed by atoms with van der Waals surface area (Å²) in [6.07, 6.45) is 0. The highest BCUT2D eigenvalue weighted by Gasteiger charge is 2.23. The van der Waals surface area contributed by atoms with Crippen LogP contribution >= 0.6 is 61.7 Å². The van der Waals surface area contributed by atoms with E-state index in [-0.39, 0.29) is 0 Å². The molecule has 90 valence electrons. The second-order valence-corrected chi connectivity index (χ2v) is 10.3. The topological polar surface area (TPSA) is 0 Å². The minimum atomic E-state index is -1.97. The Balaban J connectivity index is 2.41. The first kappa shape index (κ1) is 13.8. The molecular weight excluding hydrogens is 407 g/mol. The Bertz CT molecular complexity index is 462. The molecule has 0 nitrogen and oxygen atoms in total. The lowest BCUT2D eigenvalue weighted by Gasteiger charge is -2.25. The first-order chi connectivity index (χ1) is 8.00. The third-order valence-electron chi connectivity index (χ3n) is 2.22. The van der Waals surface area contributed by atoms with Gasteiger partial charge in [-0.15, -0.1) is 0 Å². The van der Waals surface area contributed by atoms with Crippen molar-refractivity contribution in [3.63, 3.8) is 0 Å². The molecule has 0 fully saturated rings. The number of benzene rings is 2. The van der Waals surface area contributed by atoms with E-state index in [1.165, 1.54) is 0 Å². The fourth-order valence-electron chi connectivity index (χ4n) is 1.35. The zero-order valence-corrected chi connectivity index (χ0v) is 14.0. The van der Waals surface area contributed by atoms with E-state index in [2.05, 4.69) is 31.9 Å². The van der Waals surface area contributed by atoms with E-state index >= 15 is 0 Å². The van der Waals surface area contributed by atoms with E-state index in [0.717, 1.165) is 18.7 Å². The van der Waals surface area contributed by atoms with E-state index < -0.39 is 8.46 Å². The molecule has 0 amide bonds. The molecule has 0 aliphatic rings. The van der Waals surface area contributed by atoms with Crippen LogP contribution in [0.3, 0.4) is 0 Å². The summed E-state index contributed by atoms with van der Waals surface area (Å²) in [4.78, 5) is 1.87. The zero-order valence-electron chi connectivity index (χ0n) is 8.54. The lowest BCUT2D eigenvalue weighted by atomic mass is 10.4. The van der Waals surface area contributed by atoms with Gasteiger partial charge in [0.2, 0.25) is 0 Å². The molecule has 17 heavy (non-hydrogen) atoms. The minimum Gasteiger partial charge on any atom is -0.0508 e. The number of rotatable bonds is 2. The summed E-state index contributed by atoms with van der Waals surface area (Å²) in [6.45, 7) is 0. The molecule has 0 heterocycles. The van der Waals surface area contributed by atoms with Gasteiger partial charge in [0.25, 0.3) is 0 Å². The van der Waals surface area contributed by atoms with Crippen molar-refractivity contribution in [3.05, 3.63) is 57.5 Å². The van der Waals surface area contributed by atoms with E-state index in [4.69, 9.17) is 21.4 Å². The maximum Gasteiger partial charge on any atom is 0.0213 e. The van der Waals surface area contributed by atoms with Gasteiger partial charge < -0.3 is 0 Å². The Labute approximate surface area is 128 Å². The lowest BCUT2D eigenvalue weighted by Crippen LogP contribution is -1.86. The first-order valence-electron chi connectivity index (χ1n) is 4.74. The zero-order chi connectivity index (χ0) is 12.5. The standard InChI is InChI=1S/C12H8Br2Cl2S/c13-9-1-5-11(6-2-9)17(15,16)12-7-3-10(14)4-8-12/h1-8H. The molecule has 0 radical (unpaired) electrons. The van der Waals surface area contributed by atoms with Gasteiger partial charge in [0.1, 0.15) is 0 Å². The number of hydrogen-bond donors (Lipinski definition) is 0. The largest absolute Gasteiger partial charge is 0.0508 e. The molecule has 0 bridgehead atoms. The van der Waals surface area contributed by atoms with Crippen LogP contribution in [0, 0.1) is 0 Å². The van der Waals surface area contributed by atoms with Crippen LogP contribution in [-0.2, 0) is 0 Å². The van der Waals surface area contributed by atoms with Crippen LogP contribution in [0.4, 0.5) is 0 Å². The van der Waals surface area contributed by atoms with Crippen molar-refractivity contribution < 1.29 is 0 Å². The molecule has 2 rings (SSSR count). The molecule has 0 aliphatic carbocycles. The van der Waals surface area contributed by atoms with Crippen molar-refractivity contribution in [1.82, 2.24) is 0 Å². The second kappa shape index (κ2) is 5.54. The van der Waals surface area contributed by atoms with Crippen molar-refractivity contribution in [2.75, 3.05) is 0 Å². The summed E-state index contributed by atoms with van der Waals surface area (Å²) in [5.74, 6) is 0. The highest BCUT2D eigenvalue weighted by molar-refractivity contribution is 9.10. The van der Waals surface area contributed by atoms with E-state index in [0.29, 0.717) is 0 Å². The fourth-order valence-corrected chi connectivity index (χ4v) is 4.34. The van der Waals surface area contributed by atoms with Crippen molar-refractivity contribution in [1.29, 1.82) is 0 Å². The number of halogens is 4. The summed E-state index contributed by atoms with van der Waals surface area (Å²) in [6, 6.07) is 15.6. The van der Waals surface area contributed by atoms with Gasteiger partial charge in [-0.25, -0.2) is 0 Å². The van der Waals surface area contributed by atoms with Gasteiger partial charge in [-0.1, -0.05) is 31.9 Å². The Hall–Kier alpha value is 0.330. The summed E-state index contributed by atoms with van der Waals surface area (Å²) in [5, 5.41) is 0. The van der Waals surface area contributed by atoms with Gasteiger partial charge in [0.05, 0.1) is 0 Å². The summed E-state index contributed by atoms with van der Waals surface area (Å²) in [7, 11) is 11.0. The van der Waals surface area contributed by atoms with Crippen LogP contribution in [0.5, 0.6) is 0 Å². The predicted octanol–water partition coefficient (Wildman–Crippen LogP) is 6.74. The van der Waals surface area contributed by atoms with Crippen LogP contribution in [0.15, 0.2) is 67.3 Å². The monoisotopic (exact) mass is 412 g/mol. The Morgan fingerprint density at radius 2 is 0.941 bits per heavy atom. The predicted molar refractivity (Wildman–Crippen MR) is 84.1 cm³/mol. The highest BCUT2D eigenvalue weighted by Crippen LogP contribution is 2.70. The Morgan fingerprint density at radius 3 is 1.24 bits per heavy atom. The van der Waals surface area contributed by atoms with Crippen molar-refractivity contribution >= 4 is 61.7 Å². The molecule has 0 atom stereocenters. The van der Waals surface area contributed by atoms with Crippen LogP contribution < -0.4 is 0 Å². The molecular formula is C12H8Br2Cl2S. The van der Waals surface area contributed by atoms with Gasteiger partial charge >= 0.3 is 0 Å². The third-order valence-corrected chi connectivity index (χ3v) is 7.14. The quantitative estimate of drug-likeness (QED) is 0.510. The normalized spacial score (nSPS) is 12.5. The molecule has 0 N–H and O–H groups in total. The molecule has 5 heteroatoms. The van der Waals surface area contributed by atoms with Gasteiger partial charge in [-0.3, -0.25) is 0 Å². The summed E-state index contributed by atoms with van der Waals surface area (Å²) < 4.78 is 2.03. The average Bonchev–Trinajstić information content (AvgIpc) is 2.30. The van der Waals surface area contributed by atoms with E-state index in [9.17, 15) is 0 Å². The number of hydrogen-bond acceptors (Lipinski definition) is 0. The maximum absolute atomic E-state index is 6.51. The smallest absolute Gasteiger partial charge is 0.0213 e. The van der Waals surface area contributed by atoms with Crippen molar-refractivity contribution in [3.8, 4) is 0 Å². The molecule has 0 spiro atoms. The third kappa shape index (κ3) is 3.21. The maximum atomic E-state index is 6.51. The Kier molecular flexibility index (Phi) is 4.48. The molecule has 0 saturated carbocycles. The van der Waals surface area contributed by atoms with Crippen molar-refractivity contribution in [2.45, 2.75) is 9.79 Å². The summed E-state index contributed by atoms with van der Waals surface area (Å²) in [5.41, 5.74) is 0. The molecule has 2 aromatic rings. The van der Waals surface area contributed by atoms with E-state index in [1.807, 2.05) is 48.5 Å². The first-order valence-corrected chi connectivity index (χ1v) is 9.61. The van der Waals surface area contributed by atoms with Gasteiger partial charge in [0.15, 0.2) is 0 Å². The molecule has 0 aromatic heterocycles. The molecule has 0 unspecified atom stereocenters. The highest BCUT2D eigenvalue weighted by atomic mass is 79.9. The van der Waals surface area contributed by atoms with Crippen molar-refractivity contribution in [2.24, 2.45) is 0 Å². The molecule has 2 aromatic carbocycles. The average molecular weight is 415 g/mol. The van der Waals surface area contributed by atoms with Crippen LogP contribution in [-0.4, -0.2) is 0 Å². The molecule has 0 aliphatic heterocycles. The van der Waals surface area contributed by atoms with Gasteiger partial charge in [-0.2, -0.15) is 0 Å².